The number of aromatic nitrogens is 1. The predicted molar refractivity (Wildman–Crippen MR) is 134 cm³/mol. The molecule has 1 N–H and O–H groups in total. The number of para-hydroxylation sites is 1. The minimum Gasteiger partial charge on any atom is -0.483 e. The van der Waals surface area contributed by atoms with Gasteiger partial charge in [-0.2, -0.15) is 0 Å². The topological polar surface area (TPSA) is 76.5 Å². The van der Waals surface area contributed by atoms with E-state index in [4.69, 9.17) is 4.74 Å². The largest absolute Gasteiger partial charge is 0.483 e. The van der Waals surface area contributed by atoms with Gasteiger partial charge in [-0.25, -0.2) is 0 Å². The van der Waals surface area contributed by atoms with Gasteiger partial charge in [-0.05, 0) is 86.3 Å². The van der Waals surface area contributed by atoms with Crippen molar-refractivity contribution < 1.29 is 19.4 Å². The molecule has 0 spiro atoms. The van der Waals surface area contributed by atoms with Crippen LogP contribution in [0.5, 0.6) is 5.75 Å². The summed E-state index contributed by atoms with van der Waals surface area (Å²) in [6.45, 7) is 4.37. The summed E-state index contributed by atoms with van der Waals surface area (Å²) < 4.78 is 5.98. The molecule has 1 aromatic heterocycles. The van der Waals surface area contributed by atoms with Crippen LogP contribution in [-0.2, 0) is 9.59 Å². The van der Waals surface area contributed by atoms with Crippen LogP contribution < -0.4 is 4.74 Å². The summed E-state index contributed by atoms with van der Waals surface area (Å²) in [7, 11) is 0. The van der Waals surface area contributed by atoms with Crippen LogP contribution in [-0.4, -0.2) is 33.9 Å². The Morgan fingerprint density at radius 3 is 2.71 bits per heavy atom. The van der Waals surface area contributed by atoms with Crippen molar-refractivity contribution >= 4 is 22.5 Å². The fraction of sp³-hybridized carbons (Fsp3) is 0.567. The first-order chi connectivity index (χ1) is 16.8. The number of carbonyl (C=O) groups is 2. The number of ketones is 2. The molecular formula is C30H35NO4. The van der Waals surface area contributed by atoms with Crippen LogP contribution in [0.2, 0.25) is 0 Å². The smallest absolute Gasteiger partial charge is 0.202 e. The maximum atomic E-state index is 13.6. The summed E-state index contributed by atoms with van der Waals surface area (Å²) in [6, 6.07) is 9.56. The molecule has 0 saturated heterocycles. The number of fused-ring (bicyclic) bond motifs is 6. The molecule has 0 amide bonds. The van der Waals surface area contributed by atoms with E-state index >= 15 is 0 Å². The highest BCUT2D eigenvalue weighted by Crippen LogP contribution is 2.67. The van der Waals surface area contributed by atoms with E-state index in [1.54, 1.807) is 6.20 Å². The van der Waals surface area contributed by atoms with Gasteiger partial charge in [0.25, 0.3) is 0 Å². The molecule has 6 atom stereocenters. The predicted octanol–water partition coefficient (Wildman–Crippen LogP) is 5.45. The molecular weight excluding hydrogens is 438 g/mol. The van der Waals surface area contributed by atoms with Crippen LogP contribution in [0.25, 0.3) is 10.9 Å². The third-order valence-electron chi connectivity index (χ3n) is 10.5. The normalized spacial score (nSPS) is 38.3. The van der Waals surface area contributed by atoms with Gasteiger partial charge in [0.1, 0.15) is 23.5 Å². The SMILES string of the molecule is CC12CCC(=O)C=C1CCC1C2CCC2(C)C1CC[C@]2(O)C(=O)COc1cccc2cccnc12. The van der Waals surface area contributed by atoms with E-state index in [1.165, 1.54) is 5.57 Å². The Labute approximate surface area is 207 Å². The zero-order valence-corrected chi connectivity index (χ0v) is 20.8. The molecule has 0 radical (unpaired) electrons. The molecule has 5 nitrogen and oxygen atoms in total. The van der Waals surface area contributed by atoms with Crippen LogP contribution in [0.4, 0.5) is 0 Å². The van der Waals surface area contributed by atoms with Gasteiger partial charge >= 0.3 is 0 Å². The molecule has 3 saturated carbocycles. The van der Waals surface area contributed by atoms with Crippen LogP contribution in [0.1, 0.15) is 65.2 Å². The van der Waals surface area contributed by atoms with Gasteiger partial charge in [0.05, 0.1) is 0 Å². The van der Waals surface area contributed by atoms with Gasteiger partial charge in [-0.15, -0.1) is 0 Å². The third-order valence-corrected chi connectivity index (χ3v) is 10.5. The molecule has 1 aromatic carbocycles. The fourth-order valence-electron chi connectivity index (χ4n) is 8.49. The number of benzene rings is 1. The molecule has 0 aliphatic heterocycles. The van der Waals surface area contributed by atoms with Crippen molar-refractivity contribution in [2.75, 3.05) is 6.61 Å². The Morgan fingerprint density at radius 1 is 1.06 bits per heavy atom. The lowest BCUT2D eigenvalue weighted by Gasteiger charge is -2.58. The maximum absolute atomic E-state index is 13.6. The third kappa shape index (κ3) is 3.27. The Bertz CT molecular complexity index is 1230. The van der Waals surface area contributed by atoms with Gasteiger partial charge < -0.3 is 9.84 Å². The zero-order valence-electron chi connectivity index (χ0n) is 20.8. The standard InChI is InChI=1S/C30H35NO4/c1-28-13-10-21(32)17-20(28)8-9-22-23(28)11-14-29(2)24(22)12-15-30(29,34)26(33)18-35-25-7-3-5-19-6-4-16-31-27(19)25/h3-7,16-17,22-24,34H,8-15,18H2,1-2H3/t22?,23?,24?,28?,29?,30-/m0/s1. The highest BCUT2D eigenvalue weighted by Gasteiger charge is 2.66. The number of aliphatic hydroxyl groups is 1. The van der Waals surface area contributed by atoms with Gasteiger partial charge in [0.15, 0.2) is 5.78 Å². The Balaban J connectivity index is 1.23. The summed E-state index contributed by atoms with van der Waals surface area (Å²) in [6.07, 6.45) is 10.5. The Kier molecular flexibility index (Phi) is 5.23. The second-order valence-corrected chi connectivity index (χ2v) is 11.9. The number of allylic oxidation sites excluding steroid dienone is 1. The molecule has 4 aliphatic rings. The van der Waals surface area contributed by atoms with Gasteiger partial charge in [-0.3, -0.25) is 14.6 Å². The van der Waals surface area contributed by atoms with Gasteiger partial charge in [-0.1, -0.05) is 37.6 Å². The van der Waals surface area contributed by atoms with Crippen molar-refractivity contribution in [2.24, 2.45) is 28.6 Å². The number of hydrogen-bond donors (Lipinski definition) is 1. The maximum Gasteiger partial charge on any atom is 0.202 e. The average molecular weight is 474 g/mol. The minimum absolute atomic E-state index is 0.0906. The van der Waals surface area contributed by atoms with Crippen molar-refractivity contribution in [1.82, 2.24) is 4.98 Å². The van der Waals surface area contributed by atoms with E-state index in [-0.39, 0.29) is 23.6 Å². The summed E-state index contributed by atoms with van der Waals surface area (Å²) in [5, 5.41) is 12.9. The van der Waals surface area contributed by atoms with Crippen LogP contribution in [0, 0.1) is 28.6 Å². The lowest BCUT2D eigenvalue weighted by molar-refractivity contribution is -0.164. The van der Waals surface area contributed by atoms with Crippen LogP contribution in [0.3, 0.4) is 0 Å². The fourth-order valence-corrected chi connectivity index (χ4v) is 8.49. The Morgan fingerprint density at radius 2 is 1.86 bits per heavy atom. The molecule has 184 valence electrons. The number of ether oxygens (including phenoxy) is 1. The van der Waals surface area contributed by atoms with Crippen molar-refractivity contribution in [2.45, 2.75) is 70.8 Å². The van der Waals surface area contributed by atoms with E-state index in [1.807, 2.05) is 36.4 Å². The first-order valence-electron chi connectivity index (χ1n) is 13.2. The second kappa shape index (κ2) is 7.99. The molecule has 5 unspecified atom stereocenters. The first-order valence-corrected chi connectivity index (χ1v) is 13.2. The van der Waals surface area contributed by atoms with Crippen LogP contribution in [0.15, 0.2) is 48.2 Å². The number of carbonyl (C=O) groups excluding carboxylic acids is 2. The van der Waals surface area contributed by atoms with Crippen molar-refractivity contribution in [3.05, 3.63) is 48.2 Å². The number of pyridine rings is 1. The lowest BCUT2D eigenvalue weighted by Crippen LogP contribution is -2.58. The molecule has 5 heteroatoms. The van der Waals surface area contributed by atoms with Crippen LogP contribution >= 0.6 is 0 Å². The van der Waals surface area contributed by atoms with E-state index < -0.39 is 11.0 Å². The minimum atomic E-state index is -1.36. The van der Waals surface area contributed by atoms with E-state index in [2.05, 4.69) is 18.8 Å². The second-order valence-electron chi connectivity index (χ2n) is 11.9. The quantitative estimate of drug-likeness (QED) is 0.639. The molecule has 35 heavy (non-hydrogen) atoms. The van der Waals surface area contributed by atoms with E-state index in [9.17, 15) is 14.7 Å². The highest BCUT2D eigenvalue weighted by atomic mass is 16.5. The molecule has 2 aromatic rings. The zero-order chi connectivity index (χ0) is 24.4. The number of nitrogens with zero attached hydrogens (tertiary/aromatic N) is 1. The number of Topliss-reactive ketones (excluding diaryl/α,β-unsaturated/α-hetero) is 1. The van der Waals surface area contributed by atoms with E-state index in [0.29, 0.717) is 36.3 Å². The van der Waals surface area contributed by atoms with Crippen molar-refractivity contribution in [1.29, 1.82) is 0 Å². The summed E-state index contributed by atoms with van der Waals surface area (Å²) in [5.41, 5.74) is 0.373. The van der Waals surface area contributed by atoms with Gasteiger partial charge in [0.2, 0.25) is 5.78 Å². The van der Waals surface area contributed by atoms with Crippen molar-refractivity contribution in [3.63, 3.8) is 0 Å². The van der Waals surface area contributed by atoms with E-state index in [0.717, 1.165) is 49.4 Å². The van der Waals surface area contributed by atoms with Crippen molar-refractivity contribution in [3.8, 4) is 5.75 Å². The number of rotatable bonds is 4. The molecule has 1 heterocycles. The molecule has 0 bridgehead atoms. The highest BCUT2D eigenvalue weighted by molar-refractivity contribution is 5.92. The first kappa shape index (κ1) is 22.9. The summed E-state index contributed by atoms with van der Waals surface area (Å²) >= 11 is 0. The number of hydrogen-bond acceptors (Lipinski definition) is 5. The molecule has 4 aliphatic carbocycles. The van der Waals surface area contributed by atoms with Gasteiger partial charge in [0, 0.05) is 23.4 Å². The molecule has 3 fully saturated rings. The lowest BCUT2D eigenvalue weighted by atomic mass is 9.46. The summed E-state index contributed by atoms with van der Waals surface area (Å²) in [5.74, 6) is 2.00. The average Bonchev–Trinajstić information content (AvgIpc) is 3.14. The molecule has 6 rings (SSSR count). The summed E-state index contributed by atoms with van der Waals surface area (Å²) in [4.78, 5) is 30.1. The monoisotopic (exact) mass is 473 g/mol. The Hall–Kier alpha value is -2.53.